The molecule has 4 nitrogen and oxygen atoms in total. The smallest absolute Gasteiger partial charge is 0.137 e. The van der Waals surface area contributed by atoms with Crippen molar-refractivity contribution < 1.29 is 0 Å². The van der Waals surface area contributed by atoms with Crippen molar-refractivity contribution in [1.82, 2.24) is 9.97 Å². The molecule has 0 aromatic carbocycles. The largest absolute Gasteiger partial charge is 0.373 e. The number of aromatic nitrogens is 2. The van der Waals surface area contributed by atoms with Crippen LogP contribution < -0.4 is 10.2 Å². The van der Waals surface area contributed by atoms with Gasteiger partial charge >= 0.3 is 0 Å². The lowest BCUT2D eigenvalue weighted by Gasteiger charge is -2.26. The Morgan fingerprint density at radius 1 is 1.26 bits per heavy atom. The average molecular weight is 262 g/mol. The molecule has 1 fully saturated rings. The third kappa shape index (κ3) is 3.37. The van der Waals surface area contributed by atoms with Crippen LogP contribution in [0.2, 0.25) is 0 Å². The van der Waals surface area contributed by atoms with Crippen LogP contribution in [0.15, 0.2) is 6.33 Å². The van der Waals surface area contributed by atoms with E-state index in [1.807, 2.05) is 7.05 Å². The fraction of sp³-hybridized carbons (Fsp3) is 0.733. The molecule has 1 aliphatic carbocycles. The number of nitrogens with zero attached hydrogens (tertiary/aromatic N) is 3. The summed E-state index contributed by atoms with van der Waals surface area (Å²) in [5.41, 5.74) is 1.29. The minimum Gasteiger partial charge on any atom is -0.373 e. The van der Waals surface area contributed by atoms with Gasteiger partial charge in [-0.1, -0.05) is 26.7 Å². The molecule has 1 aliphatic rings. The molecule has 1 aromatic rings. The summed E-state index contributed by atoms with van der Waals surface area (Å²) < 4.78 is 0. The van der Waals surface area contributed by atoms with Crippen LogP contribution in [0.5, 0.6) is 0 Å². The summed E-state index contributed by atoms with van der Waals surface area (Å²) in [7, 11) is 1.94. The van der Waals surface area contributed by atoms with Crippen LogP contribution >= 0.6 is 0 Å². The molecule has 0 unspecified atom stereocenters. The van der Waals surface area contributed by atoms with E-state index in [0.717, 1.165) is 31.0 Å². The van der Waals surface area contributed by atoms with Gasteiger partial charge in [-0.05, 0) is 25.7 Å². The van der Waals surface area contributed by atoms with E-state index in [2.05, 4.69) is 34.0 Å². The van der Waals surface area contributed by atoms with Crippen molar-refractivity contribution in [2.45, 2.75) is 58.4 Å². The molecule has 1 aromatic heterocycles. The molecule has 0 saturated heterocycles. The second kappa shape index (κ2) is 6.73. The lowest BCUT2D eigenvalue weighted by molar-refractivity contribution is 0.697. The maximum absolute atomic E-state index is 4.60. The summed E-state index contributed by atoms with van der Waals surface area (Å²) in [6.45, 7) is 5.58. The number of rotatable bonds is 8. The van der Waals surface area contributed by atoms with Gasteiger partial charge < -0.3 is 10.2 Å². The van der Waals surface area contributed by atoms with E-state index in [9.17, 15) is 0 Å². The van der Waals surface area contributed by atoms with Gasteiger partial charge in [-0.3, -0.25) is 0 Å². The quantitative estimate of drug-likeness (QED) is 0.781. The molecular weight excluding hydrogens is 236 g/mol. The summed E-state index contributed by atoms with van der Waals surface area (Å²) in [5, 5.41) is 3.21. The van der Waals surface area contributed by atoms with Crippen molar-refractivity contribution >= 4 is 11.6 Å². The van der Waals surface area contributed by atoms with E-state index < -0.39 is 0 Å². The number of anilines is 2. The predicted molar refractivity (Wildman–Crippen MR) is 80.8 cm³/mol. The molecule has 19 heavy (non-hydrogen) atoms. The van der Waals surface area contributed by atoms with Gasteiger partial charge in [-0.25, -0.2) is 9.97 Å². The van der Waals surface area contributed by atoms with Crippen LogP contribution in [0, 0.1) is 0 Å². The first-order valence-electron chi connectivity index (χ1n) is 7.60. The molecule has 0 bridgehead atoms. The van der Waals surface area contributed by atoms with Crippen LogP contribution in [0.1, 0.15) is 51.5 Å². The molecule has 0 aliphatic heterocycles. The van der Waals surface area contributed by atoms with Crippen LogP contribution in [-0.4, -0.2) is 29.6 Å². The van der Waals surface area contributed by atoms with E-state index >= 15 is 0 Å². The summed E-state index contributed by atoms with van der Waals surface area (Å²) in [5.74, 6) is 2.16. The highest BCUT2D eigenvalue weighted by Crippen LogP contribution is 2.34. The predicted octanol–water partition coefficient (Wildman–Crippen LogP) is 3.24. The second-order valence-corrected chi connectivity index (χ2v) is 5.30. The van der Waals surface area contributed by atoms with Gasteiger partial charge in [0.2, 0.25) is 0 Å². The zero-order valence-corrected chi connectivity index (χ0v) is 12.4. The van der Waals surface area contributed by atoms with E-state index in [1.54, 1.807) is 6.33 Å². The molecule has 1 saturated carbocycles. The first-order chi connectivity index (χ1) is 9.31. The molecule has 0 atom stereocenters. The van der Waals surface area contributed by atoms with Gasteiger partial charge in [0.05, 0.1) is 0 Å². The zero-order chi connectivity index (χ0) is 13.7. The SMILES string of the molecule is CCCCN(c1ncnc(NC)c1CCC)C1CC1. The number of hydrogen-bond donors (Lipinski definition) is 1. The van der Waals surface area contributed by atoms with Crippen molar-refractivity contribution in [3.63, 3.8) is 0 Å². The van der Waals surface area contributed by atoms with Crippen LogP contribution in [0.3, 0.4) is 0 Å². The summed E-state index contributed by atoms with van der Waals surface area (Å²) >= 11 is 0. The Kier molecular flexibility index (Phi) is 5.00. The van der Waals surface area contributed by atoms with Gasteiger partial charge in [0.25, 0.3) is 0 Å². The lowest BCUT2D eigenvalue weighted by Crippen LogP contribution is -2.29. The van der Waals surface area contributed by atoms with E-state index in [1.165, 1.54) is 31.2 Å². The maximum atomic E-state index is 4.60. The third-order valence-corrected chi connectivity index (χ3v) is 3.67. The monoisotopic (exact) mass is 262 g/mol. The topological polar surface area (TPSA) is 41.1 Å². The first kappa shape index (κ1) is 14.1. The molecule has 4 heteroatoms. The Labute approximate surface area is 116 Å². The Morgan fingerprint density at radius 3 is 2.63 bits per heavy atom. The van der Waals surface area contributed by atoms with Gasteiger partial charge in [-0.2, -0.15) is 0 Å². The molecule has 0 radical (unpaired) electrons. The Morgan fingerprint density at radius 2 is 2.05 bits per heavy atom. The fourth-order valence-corrected chi connectivity index (χ4v) is 2.52. The van der Waals surface area contributed by atoms with Crippen molar-refractivity contribution in [1.29, 1.82) is 0 Å². The Balaban J connectivity index is 2.28. The number of hydrogen-bond acceptors (Lipinski definition) is 4. The molecule has 0 spiro atoms. The molecule has 1 heterocycles. The zero-order valence-electron chi connectivity index (χ0n) is 12.4. The first-order valence-corrected chi connectivity index (χ1v) is 7.60. The molecule has 1 N–H and O–H groups in total. The van der Waals surface area contributed by atoms with E-state index in [-0.39, 0.29) is 0 Å². The number of nitrogens with one attached hydrogen (secondary N) is 1. The van der Waals surface area contributed by atoms with Crippen molar-refractivity contribution in [2.24, 2.45) is 0 Å². The maximum Gasteiger partial charge on any atom is 0.137 e. The third-order valence-electron chi connectivity index (χ3n) is 3.67. The molecular formula is C15H26N4. The fourth-order valence-electron chi connectivity index (χ4n) is 2.52. The summed E-state index contributed by atoms with van der Waals surface area (Å²) in [4.78, 5) is 11.5. The van der Waals surface area contributed by atoms with E-state index in [0.29, 0.717) is 6.04 Å². The highest BCUT2D eigenvalue weighted by Gasteiger charge is 2.31. The minimum atomic E-state index is 0.710. The highest BCUT2D eigenvalue weighted by atomic mass is 15.2. The molecule has 0 amide bonds. The highest BCUT2D eigenvalue weighted by molar-refractivity contribution is 5.59. The van der Waals surface area contributed by atoms with E-state index in [4.69, 9.17) is 0 Å². The Bertz CT molecular complexity index is 401. The summed E-state index contributed by atoms with van der Waals surface area (Å²) in [6.07, 6.45) is 8.96. The standard InChI is InChI=1S/C15H26N4/c1-4-6-10-19(12-8-9-12)15-13(7-5-2)14(16-3)17-11-18-15/h11-12H,4-10H2,1-3H3,(H,16,17,18). The van der Waals surface area contributed by atoms with Gasteiger partial charge in [0.1, 0.15) is 18.0 Å². The molecule has 106 valence electrons. The van der Waals surface area contributed by atoms with Gasteiger partial charge in [-0.15, -0.1) is 0 Å². The van der Waals surface area contributed by atoms with Crippen LogP contribution in [-0.2, 0) is 6.42 Å². The average Bonchev–Trinajstić information content (AvgIpc) is 3.25. The second-order valence-electron chi connectivity index (χ2n) is 5.30. The minimum absolute atomic E-state index is 0.710. The lowest BCUT2D eigenvalue weighted by atomic mass is 10.1. The summed E-state index contributed by atoms with van der Waals surface area (Å²) in [6, 6.07) is 0.710. The number of unbranched alkanes of at least 4 members (excludes halogenated alkanes) is 1. The van der Waals surface area contributed by atoms with Gasteiger partial charge in [0.15, 0.2) is 0 Å². The molecule has 2 rings (SSSR count). The van der Waals surface area contributed by atoms with Crippen LogP contribution in [0.4, 0.5) is 11.6 Å². The van der Waals surface area contributed by atoms with Crippen molar-refractivity contribution in [3.05, 3.63) is 11.9 Å². The van der Waals surface area contributed by atoms with Crippen molar-refractivity contribution in [3.8, 4) is 0 Å². The normalized spacial score (nSPS) is 14.5. The Hall–Kier alpha value is -1.32. The van der Waals surface area contributed by atoms with Crippen molar-refractivity contribution in [2.75, 3.05) is 23.8 Å². The van der Waals surface area contributed by atoms with Crippen LogP contribution in [0.25, 0.3) is 0 Å². The van der Waals surface area contributed by atoms with Gasteiger partial charge in [0, 0.05) is 25.2 Å².